The van der Waals surface area contributed by atoms with Crippen LogP contribution < -0.4 is 9.64 Å². The molecule has 2 N–H and O–H groups in total. The fraction of sp³-hybridized carbons (Fsp3) is 0.333. The standard InChI is InChI=1S/C21H24N2O5/c1-15-2-5-17(6-3-15)28-13-8-20(25)23-11-9-22(10-12-23)16-4-7-19(24)18(14-16)21(26)27/h2-7,14,24H,8-13H2,1H3,(H,26,27). The molecule has 148 valence electrons. The molecule has 28 heavy (non-hydrogen) atoms. The SMILES string of the molecule is Cc1ccc(OCCC(=O)N2CCN(c3ccc(O)c(C(=O)O)c3)CC2)cc1. The molecule has 0 saturated carbocycles. The number of piperazine rings is 1. The highest BCUT2D eigenvalue weighted by Crippen LogP contribution is 2.25. The summed E-state index contributed by atoms with van der Waals surface area (Å²) in [7, 11) is 0. The quantitative estimate of drug-likeness (QED) is 0.795. The van der Waals surface area contributed by atoms with Gasteiger partial charge >= 0.3 is 5.97 Å². The number of aryl methyl sites for hydroxylation is 1. The van der Waals surface area contributed by atoms with Crippen LogP contribution in [0.3, 0.4) is 0 Å². The number of anilines is 1. The smallest absolute Gasteiger partial charge is 0.339 e. The van der Waals surface area contributed by atoms with Crippen molar-refractivity contribution in [1.82, 2.24) is 4.90 Å². The molecule has 0 atom stereocenters. The first-order valence-electron chi connectivity index (χ1n) is 9.22. The normalized spacial score (nSPS) is 14.0. The van der Waals surface area contributed by atoms with E-state index in [2.05, 4.69) is 0 Å². The average molecular weight is 384 g/mol. The lowest BCUT2D eigenvalue weighted by atomic mass is 10.1. The van der Waals surface area contributed by atoms with Crippen LogP contribution in [-0.4, -0.2) is 59.8 Å². The van der Waals surface area contributed by atoms with Gasteiger partial charge in [0.25, 0.3) is 0 Å². The van der Waals surface area contributed by atoms with E-state index in [1.54, 1.807) is 11.0 Å². The molecule has 3 rings (SSSR count). The number of carbonyl (C=O) groups excluding carboxylic acids is 1. The van der Waals surface area contributed by atoms with Gasteiger partial charge in [0.2, 0.25) is 5.91 Å². The van der Waals surface area contributed by atoms with Gasteiger partial charge in [0.05, 0.1) is 13.0 Å². The lowest BCUT2D eigenvalue weighted by molar-refractivity contribution is -0.132. The Kier molecular flexibility index (Phi) is 6.03. The predicted octanol–water partition coefficient (Wildman–Crippen LogP) is 2.52. The van der Waals surface area contributed by atoms with Gasteiger partial charge in [0.1, 0.15) is 17.1 Å². The average Bonchev–Trinajstić information content (AvgIpc) is 2.69. The number of aromatic hydroxyl groups is 1. The van der Waals surface area contributed by atoms with Crippen molar-refractivity contribution in [1.29, 1.82) is 0 Å². The van der Waals surface area contributed by atoms with Gasteiger partial charge in [0, 0.05) is 31.9 Å². The van der Waals surface area contributed by atoms with Gasteiger partial charge in [0.15, 0.2) is 0 Å². The molecule has 1 amide bonds. The summed E-state index contributed by atoms with van der Waals surface area (Å²) in [6.07, 6.45) is 0.316. The van der Waals surface area contributed by atoms with E-state index in [1.165, 1.54) is 12.1 Å². The third-order valence-electron chi connectivity index (χ3n) is 4.81. The van der Waals surface area contributed by atoms with E-state index >= 15 is 0 Å². The molecule has 1 aliphatic rings. The maximum Gasteiger partial charge on any atom is 0.339 e. The minimum absolute atomic E-state index is 0.0451. The van der Waals surface area contributed by atoms with Crippen LogP contribution >= 0.6 is 0 Å². The summed E-state index contributed by atoms with van der Waals surface area (Å²) in [6, 6.07) is 12.3. The first-order chi connectivity index (χ1) is 13.4. The van der Waals surface area contributed by atoms with E-state index < -0.39 is 5.97 Å². The molecule has 0 radical (unpaired) electrons. The number of phenols is 1. The molecular formula is C21H24N2O5. The Labute approximate surface area is 163 Å². The van der Waals surface area contributed by atoms with E-state index in [0.717, 1.165) is 17.0 Å². The predicted molar refractivity (Wildman–Crippen MR) is 105 cm³/mol. The summed E-state index contributed by atoms with van der Waals surface area (Å²) in [5, 5.41) is 18.8. The Morgan fingerprint density at radius 1 is 1.04 bits per heavy atom. The minimum Gasteiger partial charge on any atom is -0.507 e. The zero-order valence-electron chi connectivity index (χ0n) is 15.8. The molecule has 0 bridgehead atoms. The number of hydrogen-bond donors (Lipinski definition) is 2. The van der Waals surface area contributed by atoms with Gasteiger partial charge in [-0.3, -0.25) is 4.79 Å². The molecular weight excluding hydrogens is 360 g/mol. The second-order valence-electron chi connectivity index (χ2n) is 6.79. The van der Waals surface area contributed by atoms with Crippen LogP contribution in [0, 0.1) is 6.92 Å². The molecule has 0 unspecified atom stereocenters. The lowest BCUT2D eigenvalue weighted by Crippen LogP contribution is -2.49. The molecule has 1 saturated heterocycles. The van der Waals surface area contributed by atoms with Crippen LogP contribution in [0.4, 0.5) is 5.69 Å². The van der Waals surface area contributed by atoms with Crippen LogP contribution in [0.2, 0.25) is 0 Å². The molecule has 0 aromatic heterocycles. The molecule has 2 aromatic carbocycles. The summed E-state index contributed by atoms with van der Waals surface area (Å²) in [5.74, 6) is -0.617. The number of hydrogen-bond acceptors (Lipinski definition) is 5. The van der Waals surface area contributed by atoms with Gasteiger partial charge < -0.3 is 24.7 Å². The number of carboxylic acids is 1. The zero-order chi connectivity index (χ0) is 20.1. The second kappa shape index (κ2) is 8.65. The Morgan fingerprint density at radius 3 is 2.36 bits per heavy atom. The number of rotatable bonds is 6. The summed E-state index contributed by atoms with van der Waals surface area (Å²) in [5.41, 5.74) is 1.76. The van der Waals surface area contributed by atoms with Crippen molar-refractivity contribution in [2.24, 2.45) is 0 Å². The monoisotopic (exact) mass is 384 g/mol. The van der Waals surface area contributed by atoms with Crippen molar-refractivity contribution in [3.63, 3.8) is 0 Å². The molecule has 2 aromatic rings. The first-order valence-corrected chi connectivity index (χ1v) is 9.22. The summed E-state index contributed by atoms with van der Waals surface area (Å²) in [6.45, 7) is 4.68. The zero-order valence-corrected chi connectivity index (χ0v) is 15.8. The maximum atomic E-state index is 12.4. The summed E-state index contributed by atoms with van der Waals surface area (Å²) < 4.78 is 5.62. The Bertz CT molecular complexity index is 842. The van der Waals surface area contributed by atoms with Crippen molar-refractivity contribution >= 4 is 17.6 Å². The summed E-state index contributed by atoms with van der Waals surface area (Å²) in [4.78, 5) is 27.4. The Balaban J connectivity index is 1.48. The number of benzene rings is 2. The number of nitrogens with zero attached hydrogens (tertiary/aromatic N) is 2. The first kappa shape index (κ1) is 19.5. The molecule has 1 aliphatic heterocycles. The van der Waals surface area contributed by atoms with Gasteiger partial charge in [-0.25, -0.2) is 4.79 Å². The van der Waals surface area contributed by atoms with E-state index in [-0.39, 0.29) is 17.2 Å². The number of ether oxygens (including phenoxy) is 1. The lowest BCUT2D eigenvalue weighted by Gasteiger charge is -2.36. The van der Waals surface area contributed by atoms with Crippen molar-refractivity contribution in [3.8, 4) is 11.5 Å². The van der Waals surface area contributed by atoms with Crippen molar-refractivity contribution in [3.05, 3.63) is 53.6 Å². The highest BCUT2D eigenvalue weighted by molar-refractivity contribution is 5.92. The maximum absolute atomic E-state index is 12.4. The van der Waals surface area contributed by atoms with E-state index in [4.69, 9.17) is 9.84 Å². The Morgan fingerprint density at radius 2 is 1.71 bits per heavy atom. The third-order valence-corrected chi connectivity index (χ3v) is 4.81. The van der Waals surface area contributed by atoms with Gasteiger partial charge in [-0.05, 0) is 37.3 Å². The van der Waals surface area contributed by atoms with Crippen LogP contribution in [0.15, 0.2) is 42.5 Å². The molecule has 0 spiro atoms. The number of carboxylic acid groups (broad SMARTS) is 1. The van der Waals surface area contributed by atoms with E-state index in [9.17, 15) is 14.7 Å². The van der Waals surface area contributed by atoms with Crippen LogP contribution in [0.1, 0.15) is 22.3 Å². The van der Waals surface area contributed by atoms with Crippen molar-refractivity contribution < 1.29 is 24.5 Å². The molecule has 1 heterocycles. The number of carbonyl (C=O) groups is 2. The Hall–Kier alpha value is -3.22. The molecule has 1 fully saturated rings. The molecule has 7 nitrogen and oxygen atoms in total. The van der Waals surface area contributed by atoms with Crippen LogP contribution in [0.25, 0.3) is 0 Å². The van der Waals surface area contributed by atoms with Gasteiger partial charge in [-0.1, -0.05) is 17.7 Å². The highest BCUT2D eigenvalue weighted by Gasteiger charge is 2.22. The van der Waals surface area contributed by atoms with Crippen molar-refractivity contribution in [2.75, 3.05) is 37.7 Å². The van der Waals surface area contributed by atoms with E-state index in [1.807, 2.05) is 36.1 Å². The highest BCUT2D eigenvalue weighted by atomic mass is 16.5. The fourth-order valence-corrected chi connectivity index (χ4v) is 3.15. The largest absolute Gasteiger partial charge is 0.507 e. The van der Waals surface area contributed by atoms with Crippen molar-refractivity contribution in [2.45, 2.75) is 13.3 Å². The van der Waals surface area contributed by atoms with Crippen LogP contribution in [0.5, 0.6) is 11.5 Å². The van der Waals surface area contributed by atoms with Gasteiger partial charge in [-0.2, -0.15) is 0 Å². The number of amides is 1. The van der Waals surface area contributed by atoms with Gasteiger partial charge in [-0.15, -0.1) is 0 Å². The van der Waals surface area contributed by atoms with E-state index in [0.29, 0.717) is 39.2 Å². The second-order valence-corrected chi connectivity index (χ2v) is 6.79. The number of aromatic carboxylic acids is 1. The minimum atomic E-state index is -1.17. The fourth-order valence-electron chi connectivity index (χ4n) is 3.15. The van der Waals surface area contributed by atoms with Crippen LogP contribution in [-0.2, 0) is 4.79 Å². The third kappa shape index (κ3) is 4.73. The summed E-state index contributed by atoms with van der Waals surface area (Å²) >= 11 is 0. The topological polar surface area (TPSA) is 90.3 Å². The molecule has 7 heteroatoms. The molecule has 0 aliphatic carbocycles.